The zero-order valence-corrected chi connectivity index (χ0v) is 10.2. The molecule has 0 unspecified atom stereocenters. The van der Waals surface area contributed by atoms with Crippen LogP contribution in [0.3, 0.4) is 0 Å². The molecule has 0 spiro atoms. The highest BCUT2D eigenvalue weighted by Gasteiger charge is 2.43. The molecular weight excluding hydrogens is 194 g/mol. The van der Waals surface area contributed by atoms with Crippen molar-refractivity contribution in [3.63, 3.8) is 0 Å². The lowest BCUT2D eigenvalue weighted by Gasteiger charge is -2.30. The van der Waals surface area contributed by atoms with Crippen LogP contribution >= 0.6 is 0 Å². The van der Waals surface area contributed by atoms with Crippen molar-refractivity contribution in [1.29, 1.82) is 0 Å². The highest BCUT2D eigenvalue weighted by molar-refractivity contribution is 6.81. The second-order valence-electron chi connectivity index (χ2n) is 3.45. The van der Waals surface area contributed by atoms with Gasteiger partial charge in [0, 0.05) is 26.0 Å². The summed E-state index contributed by atoms with van der Waals surface area (Å²) in [5.74, 6) is 0. The minimum atomic E-state index is -2.31. The quantitative estimate of drug-likeness (QED) is 0.706. The summed E-state index contributed by atoms with van der Waals surface area (Å²) in [5, 5.41) is 0.944. The maximum atomic E-state index is 5.59. The predicted molar refractivity (Wildman–Crippen MR) is 58.7 cm³/mol. The fraction of sp³-hybridized carbons (Fsp3) is 0.500. The Morgan fingerprint density at radius 3 is 2.21 bits per heavy atom. The number of hydrogen-bond donors (Lipinski definition) is 0. The van der Waals surface area contributed by atoms with Crippen molar-refractivity contribution < 1.29 is 8.85 Å². The Balaban J connectivity index is 3.11. The first kappa shape index (κ1) is 11.4. The molecule has 1 aromatic heterocycles. The van der Waals surface area contributed by atoms with E-state index in [1.807, 2.05) is 18.2 Å². The van der Waals surface area contributed by atoms with E-state index in [1.54, 1.807) is 20.4 Å². The van der Waals surface area contributed by atoms with Crippen LogP contribution in [0.25, 0.3) is 0 Å². The van der Waals surface area contributed by atoms with Gasteiger partial charge in [-0.1, -0.05) is 19.9 Å². The van der Waals surface area contributed by atoms with Gasteiger partial charge in [-0.25, -0.2) is 0 Å². The molecule has 1 aromatic rings. The summed E-state index contributed by atoms with van der Waals surface area (Å²) in [4.78, 5) is 4.33. The third-order valence-corrected chi connectivity index (χ3v) is 6.13. The number of aromatic nitrogens is 1. The van der Waals surface area contributed by atoms with Gasteiger partial charge in [0.15, 0.2) is 0 Å². The number of rotatable bonds is 4. The topological polar surface area (TPSA) is 31.4 Å². The van der Waals surface area contributed by atoms with Crippen LogP contribution in [0.4, 0.5) is 0 Å². The van der Waals surface area contributed by atoms with Crippen molar-refractivity contribution in [3.05, 3.63) is 24.4 Å². The van der Waals surface area contributed by atoms with Gasteiger partial charge in [0.2, 0.25) is 0 Å². The molecule has 0 atom stereocenters. The van der Waals surface area contributed by atoms with Gasteiger partial charge in [-0.2, -0.15) is 0 Å². The molecule has 0 bridgehead atoms. The van der Waals surface area contributed by atoms with Crippen molar-refractivity contribution in [2.75, 3.05) is 14.2 Å². The Morgan fingerprint density at radius 2 is 1.86 bits per heavy atom. The molecular formula is C10H17NO2Si. The molecule has 0 amide bonds. The van der Waals surface area contributed by atoms with E-state index in [0.717, 1.165) is 5.32 Å². The molecule has 0 N–H and O–H groups in total. The van der Waals surface area contributed by atoms with E-state index >= 15 is 0 Å². The summed E-state index contributed by atoms with van der Waals surface area (Å²) in [7, 11) is 1.09. The Kier molecular flexibility index (Phi) is 3.80. The zero-order chi connectivity index (χ0) is 10.6. The van der Waals surface area contributed by atoms with Gasteiger partial charge in [0.05, 0.1) is 5.32 Å². The standard InChI is InChI=1S/C10H17NO2Si/c1-9(2)14(12-3,13-4)10-7-5-6-8-11-10/h5-9H,1-4H3. The van der Waals surface area contributed by atoms with Gasteiger partial charge in [0.1, 0.15) is 0 Å². The first-order valence-corrected chi connectivity index (χ1v) is 6.58. The Hall–Kier alpha value is -0.713. The van der Waals surface area contributed by atoms with Crippen LogP contribution in [0.2, 0.25) is 5.54 Å². The maximum absolute atomic E-state index is 5.59. The first-order chi connectivity index (χ1) is 6.67. The van der Waals surface area contributed by atoms with Gasteiger partial charge in [0.25, 0.3) is 0 Å². The van der Waals surface area contributed by atoms with Gasteiger partial charge >= 0.3 is 8.56 Å². The highest BCUT2D eigenvalue weighted by atomic mass is 28.4. The Bertz CT molecular complexity index is 273. The molecule has 0 aliphatic carbocycles. The van der Waals surface area contributed by atoms with Crippen molar-refractivity contribution >= 4 is 13.9 Å². The monoisotopic (exact) mass is 211 g/mol. The molecule has 0 aliphatic heterocycles. The number of nitrogens with zero attached hydrogens (tertiary/aromatic N) is 1. The largest absolute Gasteiger partial charge is 0.393 e. The molecule has 78 valence electrons. The molecule has 3 nitrogen and oxygen atoms in total. The van der Waals surface area contributed by atoms with Crippen molar-refractivity contribution in [2.45, 2.75) is 19.4 Å². The van der Waals surface area contributed by atoms with Gasteiger partial charge < -0.3 is 8.85 Å². The van der Waals surface area contributed by atoms with Crippen molar-refractivity contribution in [1.82, 2.24) is 4.98 Å². The lowest BCUT2D eigenvalue weighted by atomic mass is 10.5. The van der Waals surface area contributed by atoms with E-state index < -0.39 is 8.56 Å². The molecule has 0 aliphatic rings. The minimum absolute atomic E-state index is 0.340. The predicted octanol–water partition coefficient (Wildman–Crippen LogP) is 1.43. The van der Waals surface area contributed by atoms with E-state index in [0.29, 0.717) is 5.54 Å². The van der Waals surface area contributed by atoms with Crippen LogP contribution in [0.5, 0.6) is 0 Å². The molecule has 0 saturated heterocycles. The van der Waals surface area contributed by atoms with Gasteiger partial charge in [-0.3, -0.25) is 4.98 Å². The molecule has 0 aromatic carbocycles. The second-order valence-corrected chi connectivity index (χ2v) is 7.26. The molecule has 1 rings (SSSR count). The Morgan fingerprint density at radius 1 is 1.21 bits per heavy atom. The Labute approximate surface area is 86.3 Å². The number of hydrogen-bond acceptors (Lipinski definition) is 3. The van der Waals surface area contributed by atoms with E-state index in [4.69, 9.17) is 8.85 Å². The fourth-order valence-corrected chi connectivity index (χ4v) is 4.33. The zero-order valence-electron chi connectivity index (χ0n) is 9.15. The SMILES string of the molecule is CO[Si](OC)(c1ccccn1)C(C)C. The van der Waals surface area contributed by atoms with Crippen LogP contribution in [0.15, 0.2) is 24.4 Å². The maximum Gasteiger partial charge on any atom is 0.393 e. The summed E-state index contributed by atoms with van der Waals surface area (Å²) in [6.07, 6.45) is 1.78. The van der Waals surface area contributed by atoms with Crippen molar-refractivity contribution in [2.24, 2.45) is 0 Å². The lowest BCUT2D eigenvalue weighted by molar-refractivity contribution is 0.247. The highest BCUT2D eigenvalue weighted by Crippen LogP contribution is 2.20. The summed E-state index contributed by atoms with van der Waals surface area (Å²) >= 11 is 0. The summed E-state index contributed by atoms with van der Waals surface area (Å²) in [6.45, 7) is 4.21. The minimum Gasteiger partial charge on any atom is -0.393 e. The molecule has 0 radical (unpaired) electrons. The number of pyridine rings is 1. The third kappa shape index (κ3) is 1.87. The smallest absolute Gasteiger partial charge is 0.393 e. The summed E-state index contributed by atoms with van der Waals surface area (Å²) in [6, 6.07) is 5.83. The second kappa shape index (κ2) is 4.68. The van der Waals surface area contributed by atoms with E-state index in [1.165, 1.54) is 0 Å². The van der Waals surface area contributed by atoms with Crippen molar-refractivity contribution in [3.8, 4) is 0 Å². The van der Waals surface area contributed by atoms with Gasteiger partial charge in [-0.05, 0) is 12.1 Å². The lowest BCUT2D eigenvalue weighted by Crippen LogP contribution is -2.56. The van der Waals surface area contributed by atoms with E-state index in [9.17, 15) is 0 Å². The average molecular weight is 211 g/mol. The molecule has 0 fully saturated rings. The van der Waals surface area contributed by atoms with E-state index in [-0.39, 0.29) is 0 Å². The fourth-order valence-electron chi connectivity index (χ4n) is 1.63. The van der Waals surface area contributed by atoms with Crippen LogP contribution < -0.4 is 5.32 Å². The summed E-state index contributed by atoms with van der Waals surface area (Å²) < 4.78 is 11.2. The van der Waals surface area contributed by atoms with Crippen LogP contribution in [0, 0.1) is 0 Å². The molecule has 1 heterocycles. The van der Waals surface area contributed by atoms with Gasteiger partial charge in [-0.15, -0.1) is 0 Å². The third-order valence-electron chi connectivity index (χ3n) is 2.39. The van der Waals surface area contributed by atoms with Crippen LogP contribution in [0.1, 0.15) is 13.8 Å². The van der Waals surface area contributed by atoms with E-state index in [2.05, 4.69) is 18.8 Å². The molecule has 0 saturated carbocycles. The molecule has 14 heavy (non-hydrogen) atoms. The first-order valence-electron chi connectivity index (χ1n) is 4.69. The normalized spacial score (nSPS) is 12.1. The van der Waals surface area contributed by atoms with Crippen LogP contribution in [-0.4, -0.2) is 27.8 Å². The average Bonchev–Trinajstić information content (AvgIpc) is 2.22. The molecule has 4 heteroatoms. The summed E-state index contributed by atoms with van der Waals surface area (Å²) in [5.41, 5.74) is 0.340. The van der Waals surface area contributed by atoms with Crippen LogP contribution in [-0.2, 0) is 8.85 Å².